The molecule has 1 aliphatic heterocycles. The van der Waals surface area contributed by atoms with Crippen LogP contribution in [0.15, 0.2) is 36.4 Å². The Bertz CT molecular complexity index is 1080. The number of carbonyl (C=O) groups excluding carboxylic acids is 1. The second-order valence-corrected chi connectivity index (χ2v) is 7.04. The Labute approximate surface area is 175 Å². The molecule has 2 aromatic carbocycles. The van der Waals surface area contributed by atoms with Crippen LogP contribution in [0, 0.1) is 0 Å². The monoisotopic (exact) mass is 408 g/mol. The second-order valence-electron chi connectivity index (χ2n) is 7.04. The summed E-state index contributed by atoms with van der Waals surface area (Å²) >= 11 is 0. The van der Waals surface area contributed by atoms with Crippen LogP contribution in [0.25, 0.3) is 11.0 Å². The molecule has 0 spiro atoms. The zero-order valence-corrected chi connectivity index (χ0v) is 17.5. The first-order valence-electron chi connectivity index (χ1n) is 9.63. The highest BCUT2D eigenvalue weighted by molar-refractivity contribution is 5.98. The normalized spacial score (nSPS) is 13.2. The SMILES string of the molecule is COc1cc(CC(=O)N2CCN(C)c3nc4ccccc4nc32)cc(OC)c1OC. The molecule has 3 aromatic rings. The maximum absolute atomic E-state index is 13.3. The average Bonchev–Trinajstić information content (AvgIpc) is 2.77. The van der Waals surface area contributed by atoms with Crippen LogP contribution >= 0.6 is 0 Å². The number of para-hydroxylation sites is 2. The molecule has 0 fully saturated rings. The van der Waals surface area contributed by atoms with E-state index < -0.39 is 0 Å². The van der Waals surface area contributed by atoms with Crippen molar-refractivity contribution >= 4 is 28.6 Å². The van der Waals surface area contributed by atoms with Crippen molar-refractivity contribution in [3.8, 4) is 17.2 Å². The first-order valence-corrected chi connectivity index (χ1v) is 9.63. The van der Waals surface area contributed by atoms with E-state index in [0.717, 1.165) is 16.6 Å². The number of fused-ring (bicyclic) bond motifs is 2. The number of methoxy groups -OCH3 is 3. The molecular weight excluding hydrogens is 384 g/mol. The fourth-order valence-corrected chi connectivity index (χ4v) is 3.63. The van der Waals surface area contributed by atoms with E-state index >= 15 is 0 Å². The van der Waals surface area contributed by atoms with Crippen LogP contribution in [0.3, 0.4) is 0 Å². The zero-order valence-electron chi connectivity index (χ0n) is 17.5. The molecule has 156 valence electrons. The second kappa shape index (κ2) is 8.06. The maximum atomic E-state index is 13.3. The first-order chi connectivity index (χ1) is 14.5. The van der Waals surface area contributed by atoms with Gasteiger partial charge in [0.2, 0.25) is 11.7 Å². The minimum absolute atomic E-state index is 0.0665. The van der Waals surface area contributed by atoms with E-state index in [1.165, 1.54) is 0 Å². The van der Waals surface area contributed by atoms with E-state index in [1.807, 2.05) is 36.2 Å². The van der Waals surface area contributed by atoms with Crippen molar-refractivity contribution in [2.75, 3.05) is 51.3 Å². The number of nitrogens with zero attached hydrogens (tertiary/aromatic N) is 4. The molecule has 30 heavy (non-hydrogen) atoms. The van der Waals surface area contributed by atoms with Crippen LogP contribution in [-0.4, -0.2) is 57.3 Å². The lowest BCUT2D eigenvalue weighted by atomic mass is 10.1. The summed E-state index contributed by atoms with van der Waals surface area (Å²) in [6.07, 6.45) is 0.175. The Morgan fingerprint density at radius 2 is 1.53 bits per heavy atom. The van der Waals surface area contributed by atoms with Crippen molar-refractivity contribution in [3.63, 3.8) is 0 Å². The predicted molar refractivity (Wildman–Crippen MR) is 115 cm³/mol. The van der Waals surface area contributed by atoms with Crippen molar-refractivity contribution < 1.29 is 19.0 Å². The van der Waals surface area contributed by atoms with Crippen molar-refractivity contribution in [1.82, 2.24) is 9.97 Å². The molecule has 0 bridgehead atoms. The number of likely N-dealkylation sites (N-methyl/N-ethyl adjacent to an activating group) is 1. The van der Waals surface area contributed by atoms with Gasteiger partial charge in [0.15, 0.2) is 23.1 Å². The molecule has 0 radical (unpaired) electrons. The zero-order chi connectivity index (χ0) is 21.3. The van der Waals surface area contributed by atoms with Crippen LogP contribution in [0.1, 0.15) is 5.56 Å². The number of hydrogen-bond donors (Lipinski definition) is 0. The Kier molecular flexibility index (Phi) is 5.31. The Morgan fingerprint density at radius 3 is 2.10 bits per heavy atom. The molecule has 1 aliphatic rings. The number of benzene rings is 2. The topological polar surface area (TPSA) is 77.0 Å². The van der Waals surface area contributed by atoms with Gasteiger partial charge < -0.3 is 19.1 Å². The minimum atomic E-state index is -0.0665. The molecule has 0 aliphatic carbocycles. The molecule has 1 aromatic heterocycles. The number of carbonyl (C=O) groups is 1. The largest absolute Gasteiger partial charge is 0.493 e. The number of aromatic nitrogens is 2. The van der Waals surface area contributed by atoms with E-state index in [-0.39, 0.29) is 12.3 Å². The van der Waals surface area contributed by atoms with Gasteiger partial charge in [-0.3, -0.25) is 9.69 Å². The van der Waals surface area contributed by atoms with Gasteiger partial charge in [-0.25, -0.2) is 9.97 Å². The van der Waals surface area contributed by atoms with Crippen molar-refractivity contribution in [2.45, 2.75) is 6.42 Å². The summed E-state index contributed by atoms with van der Waals surface area (Å²) in [5, 5.41) is 0. The predicted octanol–water partition coefficient (Wildman–Crippen LogP) is 2.68. The van der Waals surface area contributed by atoms with Gasteiger partial charge in [0.25, 0.3) is 0 Å². The van der Waals surface area contributed by atoms with E-state index in [9.17, 15) is 4.79 Å². The smallest absolute Gasteiger partial charge is 0.232 e. The van der Waals surface area contributed by atoms with Gasteiger partial charge in [-0.1, -0.05) is 12.1 Å². The molecular formula is C22H24N4O4. The molecule has 8 nitrogen and oxygen atoms in total. The number of ether oxygens (including phenoxy) is 3. The molecule has 0 unspecified atom stereocenters. The summed E-state index contributed by atoms with van der Waals surface area (Å²) in [4.78, 5) is 26.4. The van der Waals surface area contributed by atoms with Crippen molar-refractivity contribution in [1.29, 1.82) is 0 Å². The summed E-state index contributed by atoms with van der Waals surface area (Å²) in [7, 11) is 6.62. The first kappa shape index (κ1) is 19.8. The van der Waals surface area contributed by atoms with Crippen LogP contribution in [0.5, 0.6) is 17.2 Å². The molecule has 2 heterocycles. The Balaban J connectivity index is 1.68. The average molecular weight is 408 g/mol. The maximum Gasteiger partial charge on any atom is 0.232 e. The summed E-state index contributed by atoms with van der Waals surface area (Å²) < 4.78 is 16.2. The van der Waals surface area contributed by atoms with Gasteiger partial charge in [-0.15, -0.1) is 0 Å². The number of amides is 1. The summed E-state index contributed by atoms with van der Waals surface area (Å²) in [5.41, 5.74) is 2.34. The number of hydrogen-bond acceptors (Lipinski definition) is 7. The Morgan fingerprint density at radius 1 is 0.933 bits per heavy atom. The van der Waals surface area contributed by atoms with E-state index in [2.05, 4.69) is 0 Å². The highest BCUT2D eigenvalue weighted by atomic mass is 16.5. The molecule has 4 rings (SSSR count). The fourth-order valence-electron chi connectivity index (χ4n) is 3.63. The van der Waals surface area contributed by atoms with Crippen LogP contribution < -0.4 is 24.0 Å². The van der Waals surface area contributed by atoms with Gasteiger partial charge in [-0.05, 0) is 29.8 Å². The minimum Gasteiger partial charge on any atom is -0.493 e. The summed E-state index contributed by atoms with van der Waals surface area (Å²) in [5.74, 6) is 2.76. The third-order valence-electron chi connectivity index (χ3n) is 5.19. The third kappa shape index (κ3) is 3.45. The lowest BCUT2D eigenvalue weighted by molar-refractivity contribution is -0.118. The molecule has 0 saturated carbocycles. The van der Waals surface area contributed by atoms with Gasteiger partial charge in [0.1, 0.15) is 0 Å². The molecule has 1 amide bonds. The van der Waals surface area contributed by atoms with E-state index in [4.69, 9.17) is 24.2 Å². The van der Waals surface area contributed by atoms with Gasteiger partial charge in [-0.2, -0.15) is 0 Å². The van der Waals surface area contributed by atoms with Gasteiger partial charge in [0.05, 0.1) is 38.8 Å². The quantitative estimate of drug-likeness (QED) is 0.642. The lowest BCUT2D eigenvalue weighted by Crippen LogP contribution is -2.44. The van der Waals surface area contributed by atoms with Gasteiger partial charge >= 0.3 is 0 Å². The summed E-state index contributed by atoms with van der Waals surface area (Å²) in [6.45, 7) is 1.22. The molecule has 8 heteroatoms. The summed E-state index contributed by atoms with van der Waals surface area (Å²) in [6, 6.07) is 11.3. The fraction of sp³-hybridized carbons (Fsp3) is 0.318. The highest BCUT2D eigenvalue weighted by Gasteiger charge is 2.29. The Hall–Kier alpha value is -3.55. The third-order valence-corrected chi connectivity index (χ3v) is 5.19. The van der Waals surface area contributed by atoms with E-state index in [0.29, 0.717) is 42.0 Å². The highest BCUT2D eigenvalue weighted by Crippen LogP contribution is 2.38. The van der Waals surface area contributed by atoms with Crippen molar-refractivity contribution in [2.24, 2.45) is 0 Å². The molecule has 0 saturated heterocycles. The standard InChI is InChI=1S/C22H24N4O4/c1-25-9-10-26(22-21(25)23-15-7-5-6-8-16(15)24-22)19(27)13-14-11-17(28-2)20(30-4)18(12-14)29-3/h5-8,11-12H,9-10,13H2,1-4H3. The molecule has 0 atom stereocenters. The molecule has 0 N–H and O–H groups in total. The lowest BCUT2D eigenvalue weighted by Gasteiger charge is -2.33. The van der Waals surface area contributed by atoms with Gasteiger partial charge in [0, 0.05) is 20.1 Å². The van der Waals surface area contributed by atoms with Crippen LogP contribution in [0.4, 0.5) is 11.6 Å². The number of rotatable bonds is 5. The van der Waals surface area contributed by atoms with E-state index in [1.54, 1.807) is 38.4 Å². The van der Waals surface area contributed by atoms with Crippen molar-refractivity contribution in [3.05, 3.63) is 42.0 Å². The number of anilines is 2. The van der Waals surface area contributed by atoms with Crippen LogP contribution in [0.2, 0.25) is 0 Å². The van der Waals surface area contributed by atoms with Crippen LogP contribution in [-0.2, 0) is 11.2 Å².